The predicted molar refractivity (Wildman–Crippen MR) is 106 cm³/mol. The van der Waals surface area contributed by atoms with Gasteiger partial charge in [0.05, 0.1) is 23.7 Å². The van der Waals surface area contributed by atoms with Gasteiger partial charge in [0, 0.05) is 10.3 Å². The van der Waals surface area contributed by atoms with Gasteiger partial charge in [-0.1, -0.05) is 37.6 Å². The number of fused-ring (bicyclic) bond motifs is 2. The molecule has 2 aliphatic heterocycles. The molecule has 2 aromatic rings. The SMILES string of the molecule is Cc1nnc2n1C1=C(C(C)C(C)S1)C(c1ccc(Cl)cc1)N(C)C2CO. The maximum absolute atomic E-state index is 10.2. The third-order valence-electron chi connectivity index (χ3n) is 5.64. The Balaban J connectivity index is 1.97. The molecule has 0 saturated carbocycles. The van der Waals surface area contributed by atoms with Crippen LogP contribution in [0.4, 0.5) is 0 Å². The van der Waals surface area contributed by atoms with Crippen molar-refractivity contribution in [2.24, 2.45) is 5.92 Å². The maximum Gasteiger partial charge on any atom is 0.157 e. The van der Waals surface area contributed by atoms with E-state index in [2.05, 4.69) is 52.7 Å². The summed E-state index contributed by atoms with van der Waals surface area (Å²) >= 11 is 8.00. The molecule has 0 amide bonds. The minimum atomic E-state index is -0.217. The van der Waals surface area contributed by atoms with Crippen LogP contribution in [-0.4, -0.2) is 43.7 Å². The number of aryl methyl sites for hydroxylation is 1. The number of aromatic nitrogens is 3. The lowest BCUT2D eigenvalue weighted by Crippen LogP contribution is -2.34. The average molecular weight is 391 g/mol. The van der Waals surface area contributed by atoms with E-state index < -0.39 is 0 Å². The van der Waals surface area contributed by atoms with Crippen LogP contribution in [-0.2, 0) is 0 Å². The Hall–Kier alpha value is -1.34. The van der Waals surface area contributed by atoms with Gasteiger partial charge in [0.1, 0.15) is 5.82 Å². The molecule has 0 spiro atoms. The van der Waals surface area contributed by atoms with E-state index in [9.17, 15) is 5.11 Å². The highest BCUT2D eigenvalue weighted by atomic mass is 35.5. The summed E-state index contributed by atoms with van der Waals surface area (Å²) in [5, 5.41) is 21.3. The fourth-order valence-corrected chi connectivity index (χ4v) is 5.63. The van der Waals surface area contributed by atoms with E-state index in [1.165, 1.54) is 16.2 Å². The molecule has 0 aliphatic carbocycles. The number of aliphatic hydroxyl groups is 1. The van der Waals surface area contributed by atoms with E-state index in [1.807, 2.05) is 30.8 Å². The molecule has 2 aliphatic rings. The quantitative estimate of drug-likeness (QED) is 0.842. The van der Waals surface area contributed by atoms with Crippen molar-refractivity contribution in [2.45, 2.75) is 38.1 Å². The predicted octanol–water partition coefficient (Wildman–Crippen LogP) is 3.90. The van der Waals surface area contributed by atoms with Crippen LogP contribution in [0.3, 0.4) is 0 Å². The van der Waals surface area contributed by atoms with Crippen LogP contribution in [0.2, 0.25) is 5.02 Å². The summed E-state index contributed by atoms with van der Waals surface area (Å²) in [6.45, 7) is 6.53. The standard InChI is InChI=1S/C19H23ClN4OS/c1-10-11(2)26-19-16(10)17(13-5-7-14(20)8-6-13)23(4)15(9-25)18-22-21-12(3)24(18)19/h5-8,10-11,15,17,25H,9H2,1-4H3. The zero-order chi connectivity index (χ0) is 18.6. The minimum Gasteiger partial charge on any atom is -0.394 e. The lowest BCUT2D eigenvalue weighted by Gasteiger charge is -2.34. The molecule has 3 heterocycles. The van der Waals surface area contributed by atoms with Gasteiger partial charge >= 0.3 is 0 Å². The third-order valence-corrected chi connectivity index (χ3v) is 7.32. The Labute approximate surface area is 163 Å². The van der Waals surface area contributed by atoms with Crippen molar-refractivity contribution >= 4 is 28.4 Å². The second-order valence-electron chi connectivity index (χ2n) is 7.13. The average Bonchev–Trinajstić information content (AvgIpc) is 3.09. The topological polar surface area (TPSA) is 54.2 Å². The van der Waals surface area contributed by atoms with Crippen LogP contribution in [0, 0.1) is 12.8 Å². The molecule has 0 bridgehead atoms. The molecule has 4 rings (SSSR count). The van der Waals surface area contributed by atoms with E-state index in [4.69, 9.17) is 11.6 Å². The van der Waals surface area contributed by atoms with E-state index in [0.29, 0.717) is 11.2 Å². The molecule has 26 heavy (non-hydrogen) atoms. The smallest absolute Gasteiger partial charge is 0.157 e. The van der Waals surface area contributed by atoms with Gasteiger partial charge in [-0.15, -0.1) is 22.0 Å². The minimum absolute atomic E-state index is 0.00607. The number of thioether (sulfide) groups is 1. The van der Waals surface area contributed by atoms with Crippen LogP contribution in [0.5, 0.6) is 0 Å². The largest absolute Gasteiger partial charge is 0.394 e. The zero-order valence-electron chi connectivity index (χ0n) is 15.3. The molecule has 0 radical (unpaired) electrons. The van der Waals surface area contributed by atoms with Crippen LogP contribution >= 0.6 is 23.4 Å². The van der Waals surface area contributed by atoms with Gasteiger partial charge in [-0.25, -0.2) is 0 Å². The van der Waals surface area contributed by atoms with Crippen molar-refractivity contribution in [1.29, 1.82) is 0 Å². The summed E-state index contributed by atoms with van der Waals surface area (Å²) in [4.78, 5) is 2.22. The number of hydrogen-bond donors (Lipinski definition) is 1. The van der Waals surface area contributed by atoms with Gasteiger partial charge in [-0.05, 0) is 43.2 Å². The molecule has 1 aromatic carbocycles. The van der Waals surface area contributed by atoms with Crippen molar-refractivity contribution in [2.75, 3.05) is 13.7 Å². The van der Waals surface area contributed by atoms with Crippen LogP contribution in [0.15, 0.2) is 29.8 Å². The molecule has 4 atom stereocenters. The van der Waals surface area contributed by atoms with Crippen molar-refractivity contribution in [3.63, 3.8) is 0 Å². The van der Waals surface area contributed by atoms with Crippen LogP contribution < -0.4 is 0 Å². The highest BCUT2D eigenvalue weighted by Gasteiger charge is 2.44. The Morgan fingerprint density at radius 1 is 1.19 bits per heavy atom. The zero-order valence-corrected chi connectivity index (χ0v) is 16.9. The summed E-state index contributed by atoms with van der Waals surface area (Å²) < 4.78 is 2.15. The van der Waals surface area contributed by atoms with Gasteiger partial charge in [0.25, 0.3) is 0 Å². The fourth-order valence-electron chi connectivity index (χ4n) is 4.04. The second kappa shape index (κ2) is 6.68. The van der Waals surface area contributed by atoms with Gasteiger partial charge in [0.2, 0.25) is 0 Å². The summed E-state index contributed by atoms with van der Waals surface area (Å²) in [5.41, 5.74) is 2.55. The number of aliphatic hydroxyl groups excluding tert-OH is 1. The third kappa shape index (κ3) is 2.62. The first kappa shape index (κ1) is 18.0. The Morgan fingerprint density at radius 3 is 2.54 bits per heavy atom. The molecule has 1 aromatic heterocycles. The van der Waals surface area contributed by atoms with Gasteiger partial charge in [-0.2, -0.15) is 0 Å². The molecule has 5 nitrogen and oxygen atoms in total. The molecule has 0 fully saturated rings. The van der Waals surface area contributed by atoms with Crippen LogP contribution in [0.25, 0.3) is 5.03 Å². The van der Waals surface area contributed by atoms with E-state index in [0.717, 1.165) is 16.7 Å². The first-order valence-corrected chi connectivity index (χ1v) is 10.1. The normalized spacial score (nSPS) is 28.8. The first-order valence-electron chi connectivity index (χ1n) is 8.85. The Kier molecular flexibility index (Phi) is 4.63. The number of nitrogens with zero attached hydrogens (tertiary/aromatic N) is 4. The number of rotatable bonds is 2. The molecular formula is C19H23ClN4OS. The second-order valence-corrected chi connectivity index (χ2v) is 8.93. The van der Waals surface area contributed by atoms with Crippen LogP contribution in [0.1, 0.15) is 43.1 Å². The summed E-state index contributed by atoms with van der Waals surface area (Å²) in [5.74, 6) is 2.08. The molecule has 0 saturated heterocycles. The Morgan fingerprint density at radius 2 is 1.88 bits per heavy atom. The van der Waals surface area contributed by atoms with Crippen molar-refractivity contribution in [3.05, 3.63) is 52.1 Å². The monoisotopic (exact) mass is 390 g/mol. The molecule has 4 unspecified atom stereocenters. The lowest BCUT2D eigenvalue weighted by molar-refractivity contribution is 0.114. The first-order chi connectivity index (χ1) is 12.4. The van der Waals surface area contributed by atoms with Crippen molar-refractivity contribution in [1.82, 2.24) is 19.7 Å². The van der Waals surface area contributed by atoms with Gasteiger partial charge in [0.15, 0.2) is 5.82 Å². The van der Waals surface area contributed by atoms with E-state index in [1.54, 1.807) is 0 Å². The number of likely N-dealkylation sites (N-methyl/N-ethyl adjacent to an activating group) is 1. The van der Waals surface area contributed by atoms with Gasteiger partial charge in [-0.3, -0.25) is 9.47 Å². The summed E-state index contributed by atoms with van der Waals surface area (Å²) in [7, 11) is 2.06. The molecular weight excluding hydrogens is 368 g/mol. The van der Waals surface area contributed by atoms with Crippen molar-refractivity contribution in [3.8, 4) is 0 Å². The molecule has 7 heteroatoms. The van der Waals surface area contributed by atoms with Crippen molar-refractivity contribution < 1.29 is 5.11 Å². The fraction of sp³-hybridized carbons (Fsp3) is 0.474. The van der Waals surface area contributed by atoms with E-state index >= 15 is 0 Å². The molecule has 1 N–H and O–H groups in total. The summed E-state index contributed by atoms with van der Waals surface area (Å²) in [6, 6.07) is 7.89. The summed E-state index contributed by atoms with van der Waals surface area (Å²) in [6.07, 6.45) is 0. The maximum atomic E-state index is 10.2. The molecule has 138 valence electrons. The Bertz CT molecular complexity index is 863. The highest BCUT2D eigenvalue weighted by Crippen LogP contribution is 2.54. The number of hydrogen-bond acceptors (Lipinski definition) is 5. The van der Waals surface area contributed by atoms with Gasteiger partial charge < -0.3 is 5.11 Å². The highest BCUT2D eigenvalue weighted by molar-refractivity contribution is 8.08. The number of benzene rings is 1. The lowest BCUT2D eigenvalue weighted by atomic mass is 9.87. The number of halogens is 1. The van der Waals surface area contributed by atoms with E-state index in [-0.39, 0.29) is 18.7 Å².